The molecule has 0 aliphatic carbocycles. The lowest BCUT2D eigenvalue weighted by atomic mass is 10.3. The third-order valence-electron chi connectivity index (χ3n) is 2.26. The van der Waals surface area contributed by atoms with Gasteiger partial charge < -0.3 is 0 Å². The SMILES string of the molecule is Cc1nonc1Cn1cc(C)c(=O)[nH]c1=O. The van der Waals surface area contributed by atoms with E-state index in [0.717, 1.165) is 0 Å². The van der Waals surface area contributed by atoms with E-state index in [9.17, 15) is 9.59 Å². The van der Waals surface area contributed by atoms with Gasteiger partial charge in [-0.05, 0) is 13.8 Å². The molecule has 84 valence electrons. The highest BCUT2D eigenvalue weighted by atomic mass is 16.6. The molecule has 0 saturated heterocycles. The number of H-pyrrole nitrogens is 1. The molecule has 0 saturated carbocycles. The van der Waals surface area contributed by atoms with E-state index in [4.69, 9.17) is 0 Å². The van der Waals surface area contributed by atoms with Crippen molar-refractivity contribution < 1.29 is 4.63 Å². The number of nitrogens with one attached hydrogen (secondary N) is 1. The molecule has 2 rings (SSSR count). The molecule has 0 amide bonds. The highest BCUT2D eigenvalue weighted by Crippen LogP contribution is 2.01. The van der Waals surface area contributed by atoms with Gasteiger partial charge in [-0.2, -0.15) is 0 Å². The van der Waals surface area contributed by atoms with Crippen molar-refractivity contribution in [2.75, 3.05) is 0 Å². The van der Waals surface area contributed by atoms with E-state index < -0.39 is 5.69 Å². The number of nitrogens with zero attached hydrogens (tertiary/aromatic N) is 3. The Labute approximate surface area is 89.7 Å². The minimum atomic E-state index is -0.474. The van der Waals surface area contributed by atoms with Crippen molar-refractivity contribution in [1.82, 2.24) is 19.9 Å². The maximum Gasteiger partial charge on any atom is 0.328 e. The molecular formula is C9H10N4O3. The van der Waals surface area contributed by atoms with E-state index in [1.807, 2.05) is 0 Å². The average molecular weight is 222 g/mol. The minimum absolute atomic E-state index is 0.228. The maximum atomic E-state index is 11.5. The predicted molar refractivity (Wildman–Crippen MR) is 54.2 cm³/mol. The van der Waals surface area contributed by atoms with Crippen molar-refractivity contribution in [1.29, 1.82) is 0 Å². The quantitative estimate of drug-likeness (QED) is 0.745. The monoisotopic (exact) mass is 222 g/mol. The minimum Gasteiger partial charge on any atom is -0.294 e. The number of aromatic nitrogens is 4. The lowest BCUT2D eigenvalue weighted by molar-refractivity contribution is 0.300. The zero-order chi connectivity index (χ0) is 11.7. The highest BCUT2D eigenvalue weighted by molar-refractivity contribution is 5.07. The smallest absolute Gasteiger partial charge is 0.294 e. The fourth-order valence-electron chi connectivity index (χ4n) is 1.29. The maximum absolute atomic E-state index is 11.5. The van der Waals surface area contributed by atoms with Crippen LogP contribution in [0, 0.1) is 13.8 Å². The predicted octanol–water partition coefficient (Wildman–Crippen LogP) is -0.415. The summed E-state index contributed by atoms with van der Waals surface area (Å²) in [5, 5.41) is 7.28. The van der Waals surface area contributed by atoms with Crippen molar-refractivity contribution in [2.45, 2.75) is 20.4 Å². The summed E-state index contributed by atoms with van der Waals surface area (Å²) in [4.78, 5) is 24.8. The first kappa shape index (κ1) is 10.3. The Bertz CT molecular complexity index is 622. The number of hydrogen-bond acceptors (Lipinski definition) is 5. The van der Waals surface area contributed by atoms with Crippen molar-refractivity contribution in [3.8, 4) is 0 Å². The van der Waals surface area contributed by atoms with Gasteiger partial charge >= 0.3 is 5.69 Å². The van der Waals surface area contributed by atoms with Gasteiger partial charge in [0, 0.05) is 11.8 Å². The summed E-state index contributed by atoms with van der Waals surface area (Å²) in [7, 11) is 0. The second-order valence-corrected chi connectivity index (χ2v) is 3.50. The van der Waals surface area contributed by atoms with Gasteiger partial charge in [0.25, 0.3) is 5.56 Å². The van der Waals surface area contributed by atoms with E-state index in [1.165, 1.54) is 10.8 Å². The average Bonchev–Trinajstić information content (AvgIpc) is 2.61. The van der Waals surface area contributed by atoms with Crippen molar-refractivity contribution in [2.24, 2.45) is 0 Å². The van der Waals surface area contributed by atoms with Crippen LogP contribution >= 0.6 is 0 Å². The van der Waals surface area contributed by atoms with E-state index in [2.05, 4.69) is 19.9 Å². The zero-order valence-corrected chi connectivity index (χ0v) is 8.85. The number of rotatable bonds is 2. The van der Waals surface area contributed by atoms with Crippen LogP contribution in [0.4, 0.5) is 0 Å². The van der Waals surface area contributed by atoms with Crippen molar-refractivity contribution in [3.05, 3.63) is 44.0 Å². The Hall–Kier alpha value is -2.18. The van der Waals surface area contributed by atoms with Gasteiger partial charge in [0.05, 0.1) is 6.54 Å². The topological polar surface area (TPSA) is 93.8 Å². The van der Waals surface area contributed by atoms with Crippen LogP contribution in [0.5, 0.6) is 0 Å². The summed E-state index contributed by atoms with van der Waals surface area (Å²) < 4.78 is 5.87. The van der Waals surface area contributed by atoms with Gasteiger partial charge in [-0.1, -0.05) is 10.3 Å². The molecule has 2 aromatic rings. The lowest BCUT2D eigenvalue weighted by Gasteiger charge is -2.02. The van der Waals surface area contributed by atoms with E-state index in [-0.39, 0.29) is 12.1 Å². The molecule has 0 radical (unpaired) electrons. The van der Waals surface area contributed by atoms with Gasteiger partial charge in [-0.25, -0.2) is 9.42 Å². The summed E-state index contributed by atoms with van der Waals surface area (Å²) in [5.74, 6) is 0. The van der Waals surface area contributed by atoms with Crippen LogP contribution in [-0.4, -0.2) is 19.9 Å². The normalized spacial score (nSPS) is 10.6. The van der Waals surface area contributed by atoms with Crippen LogP contribution in [0.3, 0.4) is 0 Å². The molecule has 0 aliphatic heterocycles. The Morgan fingerprint density at radius 3 is 2.75 bits per heavy atom. The molecule has 2 heterocycles. The molecule has 0 atom stereocenters. The van der Waals surface area contributed by atoms with Gasteiger partial charge in [-0.3, -0.25) is 14.3 Å². The molecule has 0 spiro atoms. The molecular weight excluding hydrogens is 212 g/mol. The lowest BCUT2D eigenvalue weighted by Crippen LogP contribution is -2.31. The first-order valence-corrected chi connectivity index (χ1v) is 4.66. The fourth-order valence-corrected chi connectivity index (χ4v) is 1.29. The summed E-state index contributed by atoms with van der Waals surface area (Å²) in [6.07, 6.45) is 1.48. The molecule has 1 N–H and O–H groups in total. The van der Waals surface area contributed by atoms with E-state index >= 15 is 0 Å². The van der Waals surface area contributed by atoms with Gasteiger partial charge in [-0.15, -0.1) is 0 Å². The molecule has 7 nitrogen and oxygen atoms in total. The molecule has 2 aromatic heterocycles. The van der Waals surface area contributed by atoms with Crippen LogP contribution < -0.4 is 11.2 Å². The van der Waals surface area contributed by atoms with Crippen molar-refractivity contribution >= 4 is 0 Å². The van der Waals surface area contributed by atoms with Gasteiger partial charge in [0.2, 0.25) is 0 Å². The molecule has 0 bridgehead atoms. The van der Waals surface area contributed by atoms with Crippen molar-refractivity contribution in [3.63, 3.8) is 0 Å². The molecule has 0 aliphatic rings. The molecule has 16 heavy (non-hydrogen) atoms. The zero-order valence-electron chi connectivity index (χ0n) is 8.85. The van der Waals surface area contributed by atoms with Gasteiger partial charge in [0.15, 0.2) is 0 Å². The fraction of sp³-hybridized carbons (Fsp3) is 0.333. The Kier molecular flexibility index (Phi) is 2.43. The summed E-state index contributed by atoms with van der Waals surface area (Å²) in [5.41, 5.74) is 0.798. The number of aromatic amines is 1. The van der Waals surface area contributed by atoms with Crippen LogP contribution in [0.25, 0.3) is 0 Å². The largest absolute Gasteiger partial charge is 0.328 e. The van der Waals surface area contributed by atoms with Gasteiger partial charge in [0.1, 0.15) is 11.4 Å². The van der Waals surface area contributed by atoms with Crippen LogP contribution in [0.1, 0.15) is 17.0 Å². The highest BCUT2D eigenvalue weighted by Gasteiger charge is 2.08. The second kappa shape index (κ2) is 3.76. The first-order chi connectivity index (χ1) is 7.58. The number of aryl methyl sites for hydroxylation is 2. The Morgan fingerprint density at radius 2 is 2.12 bits per heavy atom. The Balaban J connectivity index is 2.43. The molecule has 0 unspecified atom stereocenters. The third-order valence-corrected chi connectivity index (χ3v) is 2.26. The molecule has 0 aromatic carbocycles. The molecule has 0 fully saturated rings. The third kappa shape index (κ3) is 1.79. The second-order valence-electron chi connectivity index (χ2n) is 3.50. The summed E-state index contributed by atoms with van der Waals surface area (Å²) >= 11 is 0. The summed E-state index contributed by atoms with van der Waals surface area (Å²) in [6, 6.07) is 0. The number of hydrogen-bond donors (Lipinski definition) is 1. The van der Waals surface area contributed by atoms with Crippen LogP contribution in [0.15, 0.2) is 20.4 Å². The Morgan fingerprint density at radius 1 is 1.38 bits per heavy atom. The summed E-state index contributed by atoms with van der Waals surface area (Å²) in [6.45, 7) is 3.59. The first-order valence-electron chi connectivity index (χ1n) is 4.66. The molecule has 7 heteroatoms. The standard InChI is InChI=1S/C9H10N4O3/c1-5-3-13(9(15)10-8(5)14)4-7-6(2)11-16-12-7/h3H,4H2,1-2H3,(H,10,14,15). The van der Waals surface area contributed by atoms with Crippen LogP contribution in [0.2, 0.25) is 0 Å². The van der Waals surface area contributed by atoms with E-state index in [0.29, 0.717) is 17.0 Å². The van der Waals surface area contributed by atoms with Crippen LogP contribution in [-0.2, 0) is 6.54 Å². The van der Waals surface area contributed by atoms with E-state index in [1.54, 1.807) is 13.8 Å².